The highest BCUT2D eigenvalue weighted by Crippen LogP contribution is 2.32. The third-order valence-electron chi connectivity index (χ3n) is 3.68. The Balaban J connectivity index is 2.45. The molecule has 0 radical (unpaired) electrons. The lowest BCUT2D eigenvalue weighted by atomic mass is 10.2. The van der Waals surface area contributed by atoms with Crippen molar-refractivity contribution in [1.29, 1.82) is 0 Å². The molecule has 6 nitrogen and oxygen atoms in total. The number of hydrogen-bond acceptors (Lipinski definition) is 5. The first-order valence-corrected chi connectivity index (χ1v) is 7.22. The molecule has 0 unspecified atom stereocenters. The van der Waals surface area contributed by atoms with Gasteiger partial charge in [0, 0.05) is 40.8 Å². The third-order valence-corrected chi connectivity index (χ3v) is 3.68. The van der Waals surface area contributed by atoms with Crippen LogP contribution in [0.4, 0.5) is 24.9 Å². The first-order chi connectivity index (χ1) is 10.6. The molecule has 1 fully saturated rings. The molecule has 1 aromatic heterocycles. The minimum Gasteiger partial charge on any atom is -0.363 e. The highest BCUT2D eigenvalue weighted by atomic mass is 19.4. The maximum absolute atomic E-state index is 13.1. The van der Waals surface area contributed by atoms with Gasteiger partial charge in [-0.15, -0.1) is 0 Å². The molecular weight excluding hydrogens is 311 g/mol. The lowest BCUT2D eigenvalue weighted by molar-refractivity contribution is -0.141. The van der Waals surface area contributed by atoms with Crippen molar-refractivity contribution in [2.45, 2.75) is 25.1 Å². The van der Waals surface area contributed by atoms with Gasteiger partial charge in [0.2, 0.25) is 11.9 Å². The molecule has 1 saturated heterocycles. The summed E-state index contributed by atoms with van der Waals surface area (Å²) in [4.78, 5) is 24.5. The maximum atomic E-state index is 13.1. The van der Waals surface area contributed by atoms with Gasteiger partial charge in [0.15, 0.2) is 5.69 Å². The van der Waals surface area contributed by atoms with Crippen LogP contribution in [0, 0.1) is 0 Å². The Hall–Kier alpha value is -2.06. The van der Waals surface area contributed by atoms with E-state index in [1.807, 2.05) is 0 Å². The summed E-state index contributed by atoms with van der Waals surface area (Å²) in [6.45, 7) is 0.457. The van der Waals surface area contributed by atoms with Gasteiger partial charge in [-0.2, -0.15) is 18.2 Å². The molecule has 0 aromatic carbocycles. The molecule has 1 aromatic rings. The number of aromatic nitrogens is 2. The molecule has 1 aliphatic heterocycles. The van der Waals surface area contributed by atoms with Crippen molar-refractivity contribution in [3.8, 4) is 0 Å². The number of likely N-dealkylation sites (N-methyl/N-ethyl adjacent to an activating group) is 1. The smallest absolute Gasteiger partial charge is 0.363 e. The Morgan fingerprint density at radius 1 is 1.26 bits per heavy atom. The summed E-state index contributed by atoms with van der Waals surface area (Å²) in [7, 11) is 6.46. The summed E-state index contributed by atoms with van der Waals surface area (Å²) < 4.78 is 39.2. The van der Waals surface area contributed by atoms with Crippen LogP contribution in [-0.2, 0) is 11.0 Å². The van der Waals surface area contributed by atoms with Gasteiger partial charge in [0.25, 0.3) is 0 Å². The Labute approximate surface area is 132 Å². The van der Waals surface area contributed by atoms with Crippen LogP contribution in [0.5, 0.6) is 0 Å². The first kappa shape index (κ1) is 17.3. The topological polar surface area (TPSA) is 52.6 Å². The van der Waals surface area contributed by atoms with Gasteiger partial charge in [0.05, 0.1) is 0 Å². The summed E-state index contributed by atoms with van der Waals surface area (Å²) in [6, 6.07) is 0.381. The average molecular weight is 331 g/mol. The zero-order valence-electron chi connectivity index (χ0n) is 13.6. The molecule has 0 saturated carbocycles. The monoisotopic (exact) mass is 331 g/mol. The zero-order chi connectivity index (χ0) is 17.4. The summed E-state index contributed by atoms with van der Waals surface area (Å²) >= 11 is 0. The van der Waals surface area contributed by atoms with Crippen LogP contribution in [0.25, 0.3) is 0 Å². The Bertz CT molecular complexity index is 588. The quantitative estimate of drug-likeness (QED) is 0.842. The van der Waals surface area contributed by atoms with E-state index in [0.29, 0.717) is 19.4 Å². The number of rotatable bonds is 3. The van der Waals surface area contributed by atoms with E-state index in [-0.39, 0.29) is 17.7 Å². The third kappa shape index (κ3) is 3.65. The Morgan fingerprint density at radius 2 is 1.91 bits per heavy atom. The summed E-state index contributed by atoms with van der Waals surface area (Å²) in [5.74, 6) is -0.0542. The van der Waals surface area contributed by atoms with Crippen molar-refractivity contribution in [1.82, 2.24) is 14.9 Å². The summed E-state index contributed by atoms with van der Waals surface area (Å²) in [6.07, 6.45) is -3.28. The normalized spacial score (nSPS) is 18.2. The number of alkyl halides is 3. The van der Waals surface area contributed by atoms with E-state index in [0.717, 1.165) is 6.07 Å². The van der Waals surface area contributed by atoms with Crippen LogP contribution in [0.15, 0.2) is 6.07 Å². The van der Waals surface area contributed by atoms with Gasteiger partial charge in [-0.1, -0.05) is 0 Å². The lowest BCUT2D eigenvalue weighted by Gasteiger charge is -2.27. The van der Waals surface area contributed by atoms with E-state index < -0.39 is 17.9 Å². The van der Waals surface area contributed by atoms with Crippen molar-refractivity contribution in [2.24, 2.45) is 0 Å². The van der Waals surface area contributed by atoms with Crippen LogP contribution >= 0.6 is 0 Å². The highest BCUT2D eigenvalue weighted by molar-refractivity contribution is 5.85. The summed E-state index contributed by atoms with van der Waals surface area (Å²) in [5.41, 5.74) is -1.01. The molecule has 128 valence electrons. The number of halogens is 3. The maximum Gasteiger partial charge on any atom is 0.433 e. The molecule has 2 heterocycles. The molecule has 1 aliphatic rings. The van der Waals surface area contributed by atoms with Crippen molar-refractivity contribution in [2.75, 3.05) is 44.5 Å². The lowest BCUT2D eigenvalue weighted by Crippen LogP contribution is -2.43. The molecule has 0 aliphatic carbocycles. The standard InChI is InChI=1S/C14H20F3N5O/c1-20(2)11-8-10(14(15,16)17)18-13(19-11)22-7-5-6-9(22)12(23)21(3)4/h8-9H,5-7H2,1-4H3/t9-/m1/s1. The molecule has 1 amide bonds. The minimum atomic E-state index is -4.57. The molecular formula is C14H20F3N5O. The van der Waals surface area contributed by atoms with E-state index in [1.54, 1.807) is 33.1 Å². The molecule has 0 N–H and O–H groups in total. The second-order valence-electron chi connectivity index (χ2n) is 5.89. The highest BCUT2D eigenvalue weighted by Gasteiger charge is 2.37. The second-order valence-corrected chi connectivity index (χ2v) is 5.89. The minimum absolute atomic E-state index is 0.0544. The van der Waals surface area contributed by atoms with Crippen molar-refractivity contribution < 1.29 is 18.0 Å². The zero-order valence-corrected chi connectivity index (χ0v) is 13.6. The Kier molecular flexibility index (Phi) is 4.67. The second kappa shape index (κ2) is 6.21. The van der Waals surface area contributed by atoms with Gasteiger partial charge in [-0.3, -0.25) is 4.79 Å². The van der Waals surface area contributed by atoms with Crippen LogP contribution in [0.2, 0.25) is 0 Å². The van der Waals surface area contributed by atoms with Crippen molar-refractivity contribution >= 4 is 17.7 Å². The van der Waals surface area contributed by atoms with Crippen LogP contribution < -0.4 is 9.80 Å². The molecule has 23 heavy (non-hydrogen) atoms. The van der Waals surface area contributed by atoms with Crippen LogP contribution in [-0.4, -0.2) is 61.6 Å². The number of anilines is 2. The van der Waals surface area contributed by atoms with E-state index >= 15 is 0 Å². The van der Waals surface area contributed by atoms with Crippen molar-refractivity contribution in [3.05, 3.63) is 11.8 Å². The van der Waals surface area contributed by atoms with Crippen LogP contribution in [0.1, 0.15) is 18.5 Å². The fourth-order valence-electron chi connectivity index (χ4n) is 2.49. The number of carbonyl (C=O) groups is 1. The fourth-order valence-corrected chi connectivity index (χ4v) is 2.49. The molecule has 9 heteroatoms. The predicted octanol–water partition coefficient (Wildman–Crippen LogP) is 1.62. The van der Waals surface area contributed by atoms with Gasteiger partial charge in [-0.05, 0) is 12.8 Å². The Morgan fingerprint density at radius 3 is 2.43 bits per heavy atom. The number of nitrogens with zero attached hydrogens (tertiary/aromatic N) is 5. The van der Waals surface area contributed by atoms with E-state index in [4.69, 9.17) is 0 Å². The van der Waals surface area contributed by atoms with E-state index in [1.165, 1.54) is 9.80 Å². The SMILES string of the molecule is CN(C)C(=O)[C@H]1CCCN1c1nc(N(C)C)cc(C(F)(F)F)n1. The van der Waals surface area contributed by atoms with Crippen molar-refractivity contribution in [3.63, 3.8) is 0 Å². The summed E-state index contributed by atoms with van der Waals surface area (Å²) in [5, 5.41) is 0. The van der Waals surface area contributed by atoms with E-state index in [9.17, 15) is 18.0 Å². The molecule has 2 rings (SSSR count). The first-order valence-electron chi connectivity index (χ1n) is 7.22. The van der Waals surface area contributed by atoms with E-state index in [2.05, 4.69) is 9.97 Å². The van der Waals surface area contributed by atoms with Crippen LogP contribution in [0.3, 0.4) is 0 Å². The largest absolute Gasteiger partial charge is 0.433 e. The van der Waals surface area contributed by atoms with Gasteiger partial charge in [-0.25, -0.2) is 4.98 Å². The average Bonchev–Trinajstić information content (AvgIpc) is 2.94. The molecule has 0 bridgehead atoms. The van der Waals surface area contributed by atoms with Gasteiger partial charge in [0.1, 0.15) is 11.9 Å². The fraction of sp³-hybridized carbons (Fsp3) is 0.643. The number of carbonyl (C=O) groups excluding carboxylic acids is 1. The predicted molar refractivity (Wildman–Crippen MR) is 80.4 cm³/mol. The van der Waals surface area contributed by atoms with Gasteiger partial charge >= 0.3 is 6.18 Å². The molecule has 0 spiro atoms. The molecule has 1 atom stereocenters. The van der Waals surface area contributed by atoms with Gasteiger partial charge < -0.3 is 14.7 Å². The number of amides is 1. The number of hydrogen-bond donors (Lipinski definition) is 0.